The summed E-state index contributed by atoms with van der Waals surface area (Å²) in [5, 5.41) is 8.57. The topological polar surface area (TPSA) is 53.3 Å². The third kappa shape index (κ3) is 4.27. The van der Waals surface area contributed by atoms with Crippen LogP contribution in [0.1, 0.15) is 12.0 Å². The van der Waals surface area contributed by atoms with Crippen molar-refractivity contribution >= 4 is 17.5 Å². The summed E-state index contributed by atoms with van der Waals surface area (Å²) in [5.41, 5.74) is 0.979. The van der Waals surface area contributed by atoms with Gasteiger partial charge < -0.3 is 9.64 Å². The van der Waals surface area contributed by atoms with E-state index in [0.717, 1.165) is 11.3 Å². The molecular formula is C13H15ClN2O2. The van der Waals surface area contributed by atoms with Crippen LogP contribution in [0.15, 0.2) is 24.3 Å². The van der Waals surface area contributed by atoms with Crippen LogP contribution >= 0.6 is 11.6 Å². The fourth-order valence-electron chi connectivity index (χ4n) is 1.51. The van der Waals surface area contributed by atoms with Crippen molar-refractivity contribution in [1.82, 2.24) is 4.90 Å². The average molecular weight is 267 g/mol. The molecule has 0 heterocycles. The molecule has 0 spiro atoms. The van der Waals surface area contributed by atoms with Gasteiger partial charge in [-0.25, -0.2) is 0 Å². The summed E-state index contributed by atoms with van der Waals surface area (Å²) in [4.78, 5) is 13.2. The lowest BCUT2D eigenvalue weighted by Gasteiger charge is -2.20. The van der Waals surface area contributed by atoms with E-state index in [2.05, 4.69) is 0 Å². The summed E-state index contributed by atoms with van der Waals surface area (Å²) in [6.07, 6.45) is 0.304. The monoisotopic (exact) mass is 266 g/mol. The van der Waals surface area contributed by atoms with Crippen molar-refractivity contribution in [2.24, 2.45) is 0 Å². The summed E-state index contributed by atoms with van der Waals surface area (Å²) in [5.74, 6) is 0.537. The van der Waals surface area contributed by atoms with Crippen LogP contribution in [0.25, 0.3) is 0 Å². The molecule has 4 nitrogen and oxygen atoms in total. The minimum Gasteiger partial charge on any atom is -0.497 e. The molecule has 0 saturated carbocycles. The van der Waals surface area contributed by atoms with E-state index in [9.17, 15) is 4.79 Å². The molecule has 1 rings (SSSR count). The molecule has 0 N–H and O–H groups in total. The Morgan fingerprint density at radius 2 is 2.11 bits per heavy atom. The van der Waals surface area contributed by atoms with Crippen LogP contribution in [0, 0.1) is 11.3 Å². The number of carbonyl (C=O) groups is 1. The Balaban J connectivity index is 2.69. The number of benzene rings is 1. The van der Waals surface area contributed by atoms with E-state index in [1.54, 1.807) is 12.0 Å². The second kappa shape index (κ2) is 7.57. The maximum atomic E-state index is 11.6. The van der Waals surface area contributed by atoms with E-state index in [1.165, 1.54) is 0 Å². The molecular weight excluding hydrogens is 252 g/mol. The highest BCUT2D eigenvalue weighted by molar-refractivity contribution is 6.27. The van der Waals surface area contributed by atoms with Gasteiger partial charge in [0, 0.05) is 13.1 Å². The minimum absolute atomic E-state index is 0.0679. The van der Waals surface area contributed by atoms with E-state index in [0.29, 0.717) is 19.5 Å². The van der Waals surface area contributed by atoms with Crippen LogP contribution < -0.4 is 4.74 Å². The Kier molecular flexibility index (Phi) is 6.03. The van der Waals surface area contributed by atoms with Gasteiger partial charge in [0.05, 0.1) is 19.6 Å². The smallest absolute Gasteiger partial charge is 0.237 e. The van der Waals surface area contributed by atoms with Gasteiger partial charge in [-0.15, -0.1) is 11.6 Å². The number of rotatable bonds is 6. The molecule has 0 radical (unpaired) electrons. The zero-order valence-electron chi connectivity index (χ0n) is 10.2. The molecule has 0 fully saturated rings. The first-order chi connectivity index (χ1) is 8.71. The number of methoxy groups -OCH3 is 1. The molecule has 0 aliphatic carbocycles. The van der Waals surface area contributed by atoms with Gasteiger partial charge in [-0.05, 0) is 17.7 Å². The van der Waals surface area contributed by atoms with Crippen molar-refractivity contribution in [2.45, 2.75) is 13.0 Å². The van der Waals surface area contributed by atoms with Gasteiger partial charge in [-0.2, -0.15) is 5.26 Å². The highest BCUT2D eigenvalue weighted by Gasteiger charge is 2.12. The van der Waals surface area contributed by atoms with Gasteiger partial charge >= 0.3 is 0 Å². The molecule has 1 aromatic rings. The molecule has 0 saturated heterocycles. The lowest BCUT2D eigenvalue weighted by molar-refractivity contribution is -0.129. The van der Waals surface area contributed by atoms with Crippen molar-refractivity contribution in [3.8, 4) is 11.8 Å². The van der Waals surface area contributed by atoms with Crippen LogP contribution in [0.3, 0.4) is 0 Å². The Hall–Kier alpha value is -1.73. The number of hydrogen-bond acceptors (Lipinski definition) is 3. The molecule has 5 heteroatoms. The zero-order valence-corrected chi connectivity index (χ0v) is 11.0. The zero-order chi connectivity index (χ0) is 13.4. The fraction of sp³-hybridized carbons (Fsp3) is 0.385. The molecule has 0 atom stereocenters. The van der Waals surface area contributed by atoms with Gasteiger partial charge in [0.25, 0.3) is 0 Å². The number of nitrogens with zero attached hydrogens (tertiary/aromatic N) is 2. The highest BCUT2D eigenvalue weighted by Crippen LogP contribution is 2.13. The van der Waals surface area contributed by atoms with Crippen molar-refractivity contribution in [3.05, 3.63) is 29.8 Å². The number of halogens is 1. The SMILES string of the molecule is COc1ccc(CN(CCC#N)C(=O)CCl)cc1. The van der Waals surface area contributed by atoms with Crippen molar-refractivity contribution in [2.75, 3.05) is 19.5 Å². The van der Waals surface area contributed by atoms with Crippen molar-refractivity contribution < 1.29 is 9.53 Å². The van der Waals surface area contributed by atoms with Crippen LogP contribution in [-0.2, 0) is 11.3 Å². The minimum atomic E-state index is -0.164. The molecule has 0 bridgehead atoms. The summed E-state index contributed by atoms with van der Waals surface area (Å²) in [7, 11) is 1.60. The molecule has 0 aliphatic rings. The van der Waals surface area contributed by atoms with E-state index < -0.39 is 0 Å². The van der Waals surface area contributed by atoms with Crippen LogP contribution in [0.2, 0.25) is 0 Å². The van der Waals surface area contributed by atoms with E-state index in [4.69, 9.17) is 21.6 Å². The molecule has 1 amide bonds. The number of alkyl halides is 1. The number of carbonyl (C=O) groups excluding carboxylic acids is 1. The fourth-order valence-corrected chi connectivity index (χ4v) is 1.68. The van der Waals surface area contributed by atoms with Gasteiger partial charge in [0.15, 0.2) is 0 Å². The summed E-state index contributed by atoms with van der Waals surface area (Å²) < 4.78 is 5.06. The Morgan fingerprint density at radius 3 is 2.61 bits per heavy atom. The van der Waals surface area contributed by atoms with E-state index in [-0.39, 0.29) is 11.8 Å². The third-order valence-corrected chi connectivity index (χ3v) is 2.72. The predicted molar refractivity (Wildman–Crippen MR) is 69.4 cm³/mol. The van der Waals surface area contributed by atoms with Gasteiger partial charge in [0.1, 0.15) is 11.6 Å². The van der Waals surface area contributed by atoms with Crippen molar-refractivity contribution in [1.29, 1.82) is 5.26 Å². The summed E-state index contributed by atoms with van der Waals surface area (Å²) in [6.45, 7) is 0.852. The first-order valence-electron chi connectivity index (χ1n) is 5.55. The molecule has 1 aromatic carbocycles. The summed E-state index contributed by atoms with van der Waals surface area (Å²) >= 11 is 5.55. The number of ether oxygens (including phenoxy) is 1. The lowest BCUT2D eigenvalue weighted by atomic mass is 10.2. The van der Waals surface area contributed by atoms with E-state index in [1.807, 2.05) is 30.3 Å². The van der Waals surface area contributed by atoms with E-state index >= 15 is 0 Å². The largest absolute Gasteiger partial charge is 0.497 e. The first-order valence-corrected chi connectivity index (χ1v) is 6.08. The third-order valence-electron chi connectivity index (χ3n) is 2.49. The molecule has 18 heavy (non-hydrogen) atoms. The Morgan fingerprint density at radius 1 is 1.44 bits per heavy atom. The molecule has 0 aliphatic heterocycles. The second-order valence-corrected chi connectivity index (χ2v) is 3.97. The van der Waals surface area contributed by atoms with Crippen LogP contribution in [-0.4, -0.2) is 30.3 Å². The molecule has 0 aromatic heterocycles. The Labute approximate surface area is 112 Å². The normalized spacial score (nSPS) is 9.61. The van der Waals surface area contributed by atoms with Crippen LogP contribution in [0.4, 0.5) is 0 Å². The van der Waals surface area contributed by atoms with Crippen molar-refractivity contribution in [3.63, 3.8) is 0 Å². The summed E-state index contributed by atoms with van der Waals surface area (Å²) in [6, 6.07) is 9.47. The predicted octanol–water partition coefficient (Wildman–Crippen LogP) is 2.18. The van der Waals surface area contributed by atoms with Gasteiger partial charge in [0.2, 0.25) is 5.91 Å². The molecule has 96 valence electrons. The standard InChI is InChI=1S/C13H15ClN2O2/c1-18-12-5-3-11(4-6-12)10-16(8-2-7-15)13(17)9-14/h3-6H,2,8-10H2,1H3. The number of amides is 1. The van der Waals surface area contributed by atoms with Crippen LogP contribution in [0.5, 0.6) is 5.75 Å². The maximum absolute atomic E-state index is 11.6. The lowest BCUT2D eigenvalue weighted by Crippen LogP contribution is -2.32. The number of hydrogen-bond donors (Lipinski definition) is 0. The number of nitriles is 1. The quantitative estimate of drug-likeness (QED) is 0.742. The average Bonchev–Trinajstić information content (AvgIpc) is 2.43. The van der Waals surface area contributed by atoms with Gasteiger partial charge in [-0.3, -0.25) is 4.79 Å². The first kappa shape index (κ1) is 14.3. The highest BCUT2D eigenvalue weighted by atomic mass is 35.5. The maximum Gasteiger partial charge on any atom is 0.237 e. The van der Waals surface area contributed by atoms with Gasteiger partial charge in [-0.1, -0.05) is 12.1 Å². The second-order valence-electron chi connectivity index (χ2n) is 3.71. The Bertz CT molecular complexity index is 426. The molecule has 0 unspecified atom stereocenters.